The SMILES string of the molecule is COc1cc(C)c(C(C)(C)CNC(=O)Br)cc1Cl. The predicted octanol–water partition coefficient (Wildman–Crippen LogP) is 4.04. The molecular formula is C13H17BrClNO2. The molecule has 5 heteroatoms. The van der Waals surface area contributed by atoms with Gasteiger partial charge >= 0.3 is 0 Å². The molecule has 3 nitrogen and oxygen atoms in total. The molecule has 0 aromatic heterocycles. The maximum absolute atomic E-state index is 10.9. The number of hydrogen-bond acceptors (Lipinski definition) is 2. The molecule has 18 heavy (non-hydrogen) atoms. The first-order valence-corrected chi connectivity index (χ1v) is 6.73. The van der Waals surface area contributed by atoms with E-state index in [0.29, 0.717) is 17.3 Å². The van der Waals surface area contributed by atoms with Gasteiger partial charge in [0.05, 0.1) is 12.1 Å². The van der Waals surface area contributed by atoms with Crippen LogP contribution in [-0.2, 0) is 5.41 Å². The van der Waals surface area contributed by atoms with Gasteiger partial charge in [-0.3, -0.25) is 4.79 Å². The molecule has 1 aromatic carbocycles. The summed E-state index contributed by atoms with van der Waals surface area (Å²) in [6.07, 6.45) is 0. The molecule has 0 radical (unpaired) electrons. The average molecular weight is 335 g/mol. The number of benzene rings is 1. The van der Waals surface area contributed by atoms with Crippen LogP contribution in [-0.4, -0.2) is 18.5 Å². The third-order valence-electron chi connectivity index (χ3n) is 2.90. The Kier molecular flexibility index (Phi) is 5.05. The fraction of sp³-hybridized carbons (Fsp3) is 0.462. The first kappa shape index (κ1) is 15.3. The molecule has 0 aliphatic rings. The third kappa shape index (κ3) is 3.62. The molecule has 1 aromatic rings. The lowest BCUT2D eigenvalue weighted by atomic mass is 9.82. The largest absolute Gasteiger partial charge is 0.495 e. The van der Waals surface area contributed by atoms with Crippen molar-refractivity contribution in [2.75, 3.05) is 13.7 Å². The Morgan fingerprint density at radius 2 is 2.11 bits per heavy atom. The third-order valence-corrected chi connectivity index (χ3v) is 3.47. The molecule has 0 unspecified atom stereocenters. The van der Waals surface area contributed by atoms with Gasteiger partial charge in [-0.2, -0.15) is 0 Å². The monoisotopic (exact) mass is 333 g/mol. The molecule has 0 aliphatic heterocycles. The second-order valence-corrected chi connectivity index (χ2v) is 5.94. The molecule has 1 N–H and O–H groups in total. The van der Waals surface area contributed by atoms with Crippen molar-refractivity contribution in [3.63, 3.8) is 0 Å². The summed E-state index contributed by atoms with van der Waals surface area (Å²) in [6, 6.07) is 3.81. The van der Waals surface area contributed by atoms with E-state index in [1.54, 1.807) is 7.11 Å². The molecule has 0 saturated heterocycles. The highest BCUT2D eigenvalue weighted by Crippen LogP contribution is 2.34. The van der Waals surface area contributed by atoms with Gasteiger partial charge in [0.1, 0.15) is 5.75 Å². The van der Waals surface area contributed by atoms with Gasteiger partial charge in [-0.15, -0.1) is 0 Å². The number of hydrogen-bond donors (Lipinski definition) is 1. The average Bonchev–Trinajstić information content (AvgIpc) is 2.29. The van der Waals surface area contributed by atoms with Crippen molar-refractivity contribution >= 4 is 32.3 Å². The number of ether oxygens (including phenoxy) is 1. The van der Waals surface area contributed by atoms with Gasteiger partial charge in [-0.1, -0.05) is 25.4 Å². The van der Waals surface area contributed by atoms with Gasteiger partial charge in [0.2, 0.25) is 0 Å². The quantitative estimate of drug-likeness (QED) is 0.666. The van der Waals surface area contributed by atoms with E-state index in [0.717, 1.165) is 11.1 Å². The van der Waals surface area contributed by atoms with E-state index < -0.39 is 0 Å². The Hall–Kier alpha value is -0.740. The van der Waals surface area contributed by atoms with Crippen molar-refractivity contribution < 1.29 is 9.53 Å². The van der Waals surface area contributed by atoms with Crippen LogP contribution in [0.2, 0.25) is 5.02 Å². The molecule has 0 heterocycles. The molecule has 0 fully saturated rings. The summed E-state index contributed by atoms with van der Waals surface area (Å²) in [6.45, 7) is 6.65. The molecular weight excluding hydrogens is 318 g/mol. The Bertz CT molecular complexity index is 461. The fourth-order valence-electron chi connectivity index (χ4n) is 1.93. The normalized spacial score (nSPS) is 11.2. The van der Waals surface area contributed by atoms with Crippen LogP contribution in [0.15, 0.2) is 12.1 Å². The molecule has 1 rings (SSSR count). The van der Waals surface area contributed by atoms with Gasteiger partial charge in [-0.05, 0) is 30.2 Å². The van der Waals surface area contributed by atoms with E-state index in [1.807, 2.05) is 19.1 Å². The molecule has 0 spiro atoms. The number of nitrogens with one attached hydrogen (secondary N) is 1. The zero-order chi connectivity index (χ0) is 13.9. The van der Waals surface area contributed by atoms with Crippen molar-refractivity contribution in [3.8, 4) is 5.75 Å². The Balaban J connectivity index is 3.08. The van der Waals surface area contributed by atoms with Gasteiger partial charge in [-0.25, -0.2) is 0 Å². The molecule has 0 saturated carbocycles. The standard InChI is InChI=1S/C13H17BrClNO2/c1-8-5-11(18-4)10(15)6-9(8)13(2,3)7-16-12(14)17/h5-6H,7H2,1-4H3,(H,16,17). The molecule has 0 bridgehead atoms. The minimum atomic E-state index is -0.215. The topological polar surface area (TPSA) is 38.3 Å². The highest BCUT2D eigenvalue weighted by Gasteiger charge is 2.24. The summed E-state index contributed by atoms with van der Waals surface area (Å²) in [5.74, 6) is 0.665. The zero-order valence-electron chi connectivity index (χ0n) is 10.9. The minimum Gasteiger partial charge on any atom is -0.495 e. The summed E-state index contributed by atoms with van der Waals surface area (Å²) in [7, 11) is 1.59. The first-order valence-electron chi connectivity index (χ1n) is 5.56. The van der Waals surface area contributed by atoms with E-state index in [9.17, 15) is 4.79 Å². The number of halogens is 2. The highest BCUT2D eigenvalue weighted by atomic mass is 79.9. The van der Waals surface area contributed by atoms with Gasteiger partial charge in [0.25, 0.3) is 4.82 Å². The van der Waals surface area contributed by atoms with Crippen molar-refractivity contribution in [1.82, 2.24) is 5.32 Å². The lowest BCUT2D eigenvalue weighted by Crippen LogP contribution is -2.34. The van der Waals surface area contributed by atoms with Gasteiger partial charge < -0.3 is 10.1 Å². The zero-order valence-corrected chi connectivity index (χ0v) is 13.3. The lowest BCUT2D eigenvalue weighted by Gasteiger charge is -2.27. The summed E-state index contributed by atoms with van der Waals surface area (Å²) in [5.41, 5.74) is 1.98. The number of aryl methyl sites for hydroxylation is 1. The number of methoxy groups -OCH3 is 1. The molecule has 1 amide bonds. The predicted molar refractivity (Wildman–Crippen MR) is 78.1 cm³/mol. The van der Waals surface area contributed by atoms with Crippen molar-refractivity contribution in [3.05, 3.63) is 28.3 Å². The highest BCUT2D eigenvalue weighted by molar-refractivity contribution is 9.18. The maximum Gasteiger partial charge on any atom is 0.287 e. The van der Waals surface area contributed by atoms with Crippen LogP contribution in [0.5, 0.6) is 5.75 Å². The van der Waals surface area contributed by atoms with Gasteiger partial charge in [0.15, 0.2) is 0 Å². The van der Waals surface area contributed by atoms with Crippen molar-refractivity contribution in [2.24, 2.45) is 0 Å². The summed E-state index contributed by atoms with van der Waals surface area (Å²) in [4.78, 5) is 10.7. The molecule has 0 aliphatic carbocycles. The van der Waals surface area contributed by atoms with E-state index in [4.69, 9.17) is 16.3 Å². The number of amides is 1. The van der Waals surface area contributed by atoms with E-state index in [2.05, 4.69) is 35.1 Å². The fourth-order valence-corrected chi connectivity index (χ4v) is 2.31. The van der Waals surface area contributed by atoms with Crippen LogP contribution in [0.1, 0.15) is 25.0 Å². The summed E-state index contributed by atoms with van der Waals surface area (Å²) < 4.78 is 5.18. The van der Waals surface area contributed by atoms with Crippen LogP contribution in [0.25, 0.3) is 0 Å². The van der Waals surface area contributed by atoms with E-state index >= 15 is 0 Å². The Morgan fingerprint density at radius 1 is 1.50 bits per heavy atom. The number of carbonyl (C=O) groups is 1. The van der Waals surface area contributed by atoms with E-state index in [1.165, 1.54) is 0 Å². The van der Waals surface area contributed by atoms with Gasteiger partial charge in [0, 0.05) is 27.9 Å². The Morgan fingerprint density at radius 3 is 2.61 bits per heavy atom. The summed E-state index contributed by atoms with van der Waals surface area (Å²) >= 11 is 9.01. The molecule has 100 valence electrons. The number of carbonyl (C=O) groups excluding carboxylic acids is 1. The number of rotatable bonds is 4. The van der Waals surface area contributed by atoms with Crippen LogP contribution in [0.3, 0.4) is 0 Å². The van der Waals surface area contributed by atoms with Crippen LogP contribution in [0.4, 0.5) is 4.79 Å². The van der Waals surface area contributed by atoms with Crippen molar-refractivity contribution in [1.29, 1.82) is 0 Å². The second kappa shape index (κ2) is 5.93. The van der Waals surface area contributed by atoms with Crippen LogP contribution >= 0.6 is 27.5 Å². The Labute approximate surface area is 121 Å². The van der Waals surface area contributed by atoms with Crippen LogP contribution < -0.4 is 10.1 Å². The smallest absolute Gasteiger partial charge is 0.287 e. The second-order valence-electron chi connectivity index (χ2n) is 4.81. The van der Waals surface area contributed by atoms with Crippen molar-refractivity contribution in [2.45, 2.75) is 26.2 Å². The summed E-state index contributed by atoms with van der Waals surface area (Å²) in [5, 5.41) is 3.34. The molecule has 0 atom stereocenters. The lowest BCUT2D eigenvalue weighted by molar-refractivity contribution is 0.259. The maximum atomic E-state index is 10.9. The van der Waals surface area contributed by atoms with E-state index in [-0.39, 0.29) is 10.2 Å². The van der Waals surface area contributed by atoms with Crippen LogP contribution in [0, 0.1) is 6.92 Å². The first-order chi connectivity index (χ1) is 8.27. The minimum absolute atomic E-state index is 0.205.